The van der Waals surface area contributed by atoms with Gasteiger partial charge in [-0.05, 0) is 111 Å². The maximum atomic E-state index is 12.4. The minimum absolute atomic E-state index is 0.109. The molecule has 10 atom stereocenters. The van der Waals surface area contributed by atoms with Gasteiger partial charge >= 0.3 is 11.9 Å². The maximum Gasteiger partial charge on any atom is 0.326 e. The second kappa shape index (κ2) is 10.0. The number of aliphatic hydroxyl groups excluding tert-OH is 1. The number of carboxylic acid groups (broad SMARTS) is 2. The zero-order valence-corrected chi connectivity index (χ0v) is 21.7. The number of hydrogen-bond acceptors (Lipinski definition) is 4. The molecule has 4 saturated carbocycles. The average Bonchev–Trinajstić information content (AvgIpc) is 3.14. The van der Waals surface area contributed by atoms with Crippen molar-refractivity contribution in [2.24, 2.45) is 46.3 Å². The fraction of sp³-hybridized carbons (Fsp3) is 0.893. The molecule has 0 radical (unpaired) electrons. The quantitative estimate of drug-likeness (QED) is 0.397. The van der Waals surface area contributed by atoms with Gasteiger partial charge in [-0.2, -0.15) is 0 Å². The van der Waals surface area contributed by atoms with E-state index in [1.54, 1.807) is 0 Å². The molecule has 0 spiro atoms. The Morgan fingerprint density at radius 2 is 1.63 bits per heavy atom. The molecule has 0 aliphatic heterocycles. The van der Waals surface area contributed by atoms with Crippen molar-refractivity contribution in [1.82, 2.24) is 5.32 Å². The number of aliphatic carboxylic acids is 2. The Morgan fingerprint density at radius 1 is 0.943 bits per heavy atom. The number of nitrogens with one attached hydrogen (secondary N) is 1. The lowest BCUT2D eigenvalue weighted by molar-refractivity contribution is -0.147. The molecule has 0 bridgehead atoms. The molecular formula is C28H45NO6. The van der Waals surface area contributed by atoms with Gasteiger partial charge in [0.1, 0.15) is 6.04 Å². The van der Waals surface area contributed by atoms with E-state index in [4.69, 9.17) is 5.11 Å². The Balaban J connectivity index is 1.36. The minimum Gasteiger partial charge on any atom is -0.481 e. The summed E-state index contributed by atoms with van der Waals surface area (Å²) in [5, 5.41) is 30.7. The SMILES string of the molecule is CC(CCC(=O)NC(CC(=O)O)C(=O)O)C1CCC2C3CCC4CC(O)CC[C@]4(C)C3CC[C@]12C. The molecule has 4 fully saturated rings. The number of hydrogen-bond donors (Lipinski definition) is 4. The van der Waals surface area contributed by atoms with E-state index in [1.807, 2.05) is 0 Å². The van der Waals surface area contributed by atoms with Crippen molar-refractivity contribution in [3.8, 4) is 0 Å². The van der Waals surface area contributed by atoms with Crippen LogP contribution in [0.15, 0.2) is 0 Å². The summed E-state index contributed by atoms with van der Waals surface area (Å²) in [5.41, 5.74) is 0.670. The van der Waals surface area contributed by atoms with Gasteiger partial charge in [-0.25, -0.2) is 4.79 Å². The fourth-order valence-corrected chi connectivity index (χ4v) is 9.41. The van der Waals surface area contributed by atoms with E-state index in [-0.39, 0.29) is 18.4 Å². The van der Waals surface area contributed by atoms with E-state index in [0.29, 0.717) is 35.0 Å². The van der Waals surface area contributed by atoms with Gasteiger partial charge in [0.2, 0.25) is 5.91 Å². The monoisotopic (exact) mass is 491 g/mol. The normalized spacial score (nSPS) is 42.2. The van der Waals surface area contributed by atoms with Gasteiger partial charge in [-0.3, -0.25) is 9.59 Å². The lowest BCUT2D eigenvalue weighted by Gasteiger charge is -2.61. The van der Waals surface area contributed by atoms with Crippen LogP contribution in [0, 0.1) is 46.3 Å². The summed E-state index contributed by atoms with van der Waals surface area (Å²) in [6.45, 7) is 7.25. The van der Waals surface area contributed by atoms with Crippen molar-refractivity contribution in [2.75, 3.05) is 0 Å². The topological polar surface area (TPSA) is 124 Å². The van der Waals surface area contributed by atoms with Crippen molar-refractivity contribution in [3.63, 3.8) is 0 Å². The zero-order valence-electron chi connectivity index (χ0n) is 21.7. The van der Waals surface area contributed by atoms with Crippen LogP contribution in [0.3, 0.4) is 0 Å². The summed E-state index contributed by atoms with van der Waals surface area (Å²) in [6, 6.07) is -1.38. The molecule has 0 aromatic heterocycles. The van der Waals surface area contributed by atoms with Crippen LogP contribution in [-0.4, -0.2) is 45.3 Å². The van der Waals surface area contributed by atoms with E-state index < -0.39 is 24.4 Å². The van der Waals surface area contributed by atoms with Crippen molar-refractivity contribution < 1.29 is 29.7 Å². The van der Waals surface area contributed by atoms with Gasteiger partial charge in [0, 0.05) is 6.42 Å². The van der Waals surface area contributed by atoms with Gasteiger partial charge in [0.15, 0.2) is 0 Å². The Bertz CT molecular complexity index is 830. The van der Waals surface area contributed by atoms with E-state index >= 15 is 0 Å². The number of carbonyl (C=O) groups is 3. The molecule has 1 amide bonds. The second-order valence-electron chi connectivity index (χ2n) is 12.9. The molecule has 8 unspecified atom stereocenters. The van der Waals surface area contributed by atoms with E-state index in [9.17, 15) is 24.6 Å². The highest BCUT2D eigenvalue weighted by Gasteiger charge is 2.60. The van der Waals surface area contributed by atoms with Crippen molar-refractivity contribution in [1.29, 1.82) is 0 Å². The molecule has 198 valence electrons. The first-order chi connectivity index (χ1) is 16.5. The first kappa shape index (κ1) is 26.4. The lowest BCUT2D eigenvalue weighted by atomic mass is 9.44. The standard InChI is InChI=1S/C28H45NO6/c1-16(4-9-24(31)29-23(26(34)35)15-25(32)33)20-7-8-21-19-6-5-17-14-18(30)10-12-27(17,2)22(19)11-13-28(20,21)3/h16-23,30H,4-15H2,1-3H3,(H,29,31)(H,32,33)(H,34,35)/t16?,17?,18?,19?,20?,21?,22?,23?,27-,28+/m0/s1. The van der Waals surface area contributed by atoms with Crippen molar-refractivity contribution >= 4 is 17.8 Å². The molecule has 35 heavy (non-hydrogen) atoms. The van der Waals surface area contributed by atoms with Crippen LogP contribution in [0.5, 0.6) is 0 Å². The molecule has 7 nitrogen and oxygen atoms in total. The molecule has 0 heterocycles. The molecule has 4 rings (SSSR count). The lowest BCUT2D eigenvalue weighted by Crippen LogP contribution is -2.54. The number of carboxylic acids is 2. The number of rotatable bonds is 8. The largest absolute Gasteiger partial charge is 0.481 e. The molecular weight excluding hydrogens is 446 g/mol. The molecule has 7 heteroatoms. The van der Waals surface area contributed by atoms with Crippen LogP contribution in [0.4, 0.5) is 0 Å². The van der Waals surface area contributed by atoms with Crippen LogP contribution in [0.2, 0.25) is 0 Å². The third kappa shape index (κ3) is 4.99. The van der Waals surface area contributed by atoms with E-state index in [2.05, 4.69) is 26.1 Å². The Morgan fingerprint density at radius 3 is 2.31 bits per heavy atom. The zero-order chi connectivity index (χ0) is 25.5. The summed E-state index contributed by atoms with van der Waals surface area (Å²) in [7, 11) is 0. The summed E-state index contributed by atoms with van der Waals surface area (Å²) in [5.74, 6) is 0.959. The first-order valence-electron chi connectivity index (χ1n) is 13.9. The third-order valence-corrected chi connectivity index (χ3v) is 11.2. The van der Waals surface area contributed by atoms with Crippen molar-refractivity contribution in [3.05, 3.63) is 0 Å². The predicted molar refractivity (Wildman–Crippen MR) is 131 cm³/mol. The highest BCUT2D eigenvalue weighted by Crippen LogP contribution is 2.68. The molecule has 0 saturated heterocycles. The van der Waals surface area contributed by atoms with Crippen molar-refractivity contribution in [2.45, 2.75) is 110 Å². The van der Waals surface area contributed by atoms with Crippen LogP contribution in [0.25, 0.3) is 0 Å². The Hall–Kier alpha value is -1.63. The fourth-order valence-electron chi connectivity index (χ4n) is 9.41. The predicted octanol–water partition coefficient (Wildman–Crippen LogP) is 4.47. The van der Waals surface area contributed by atoms with Crippen LogP contribution >= 0.6 is 0 Å². The molecule has 0 aromatic rings. The number of amides is 1. The highest BCUT2D eigenvalue weighted by atomic mass is 16.4. The Kier molecular flexibility index (Phi) is 7.57. The number of fused-ring (bicyclic) bond motifs is 5. The van der Waals surface area contributed by atoms with Gasteiger partial charge < -0.3 is 20.6 Å². The van der Waals surface area contributed by atoms with Crippen LogP contribution in [0.1, 0.15) is 97.8 Å². The summed E-state index contributed by atoms with van der Waals surface area (Å²) < 4.78 is 0. The summed E-state index contributed by atoms with van der Waals surface area (Å²) in [4.78, 5) is 34.6. The van der Waals surface area contributed by atoms with Gasteiger partial charge in [-0.15, -0.1) is 0 Å². The highest BCUT2D eigenvalue weighted by molar-refractivity contribution is 5.86. The minimum atomic E-state index is -1.38. The molecule has 4 aliphatic rings. The smallest absolute Gasteiger partial charge is 0.326 e. The molecule has 4 aliphatic carbocycles. The summed E-state index contributed by atoms with van der Waals surface area (Å²) in [6.07, 6.45) is 10.8. The average molecular weight is 492 g/mol. The first-order valence-corrected chi connectivity index (χ1v) is 13.9. The molecule has 0 aromatic carbocycles. The molecule has 4 N–H and O–H groups in total. The maximum absolute atomic E-state index is 12.4. The van der Waals surface area contributed by atoms with Crippen LogP contribution in [-0.2, 0) is 14.4 Å². The van der Waals surface area contributed by atoms with E-state index in [1.165, 1.54) is 38.5 Å². The third-order valence-electron chi connectivity index (χ3n) is 11.2. The van der Waals surface area contributed by atoms with Gasteiger partial charge in [-0.1, -0.05) is 20.8 Å². The Labute approximate surface area is 209 Å². The number of carbonyl (C=O) groups excluding carboxylic acids is 1. The number of aliphatic hydroxyl groups is 1. The second-order valence-corrected chi connectivity index (χ2v) is 12.9. The van der Waals surface area contributed by atoms with Gasteiger partial charge in [0.05, 0.1) is 12.5 Å². The van der Waals surface area contributed by atoms with Gasteiger partial charge in [0.25, 0.3) is 0 Å². The van der Waals surface area contributed by atoms with E-state index in [0.717, 1.165) is 37.0 Å². The van der Waals surface area contributed by atoms with Crippen LogP contribution < -0.4 is 5.32 Å². The summed E-state index contributed by atoms with van der Waals surface area (Å²) >= 11 is 0.